The van der Waals surface area contributed by atoms with Gasteiger partial charge in [-0.25, -0.2) is 0 Å². The van der Waals surface area contributed by atoms with Crippen LogP contribution in [0.1, 0.15) is 19.4 Å². The standard InChI is InChI=1S/C6H11N3.C2H6/c1-7-3-2-6-4-8-9-5-6;1-2/h4-5,7H,2-3H2,1H3,(H,8,9);1-2H3. The summed E-state index contributed by atoms with van der Waals surface area (Å²) < 4.78 is 0. The van der Waals surface area contributed by atoms with Gasteiger partial charge in [0.05, 0.1) is 6.20 Å². The number of aromatic nitrogens is 2. The Morgan fingerprint density at radius 3 is 2.73 bits per heavy atom. The first-order valence-corrected chi connectivity index (χ1v) is 4.05. The third-order valence-electron chi connectivity index (χ3n) is 1.22. The Bertz CT molecular complexity index is 146. The zero-order valence-corrected chi connectivity index (χ0v) is 7.52. The van der Waals surface area contributed by atoms with Crippen LogP contribution in [0.4, 0.5) is 0 Å². The van der Waals surface area contributed by atoms with E-state index in [4.69, 9.17) is 0 Å². The molecule has 3 heteroatoms. The van der Waals surface area contributed by atoms with E-state index >= 15 is 0 Å². The Morgan fingerprint density at radius 2 is 2.27 bits per heavy atom. The number of rotatable bonds is 3. The van der Waals surface area contributed by atoms with E-state index in [0.717, 1.165) is 13.0 Å². The lowest BCUT2D eigenvalue weighted by molar-refractivity contribution is 0.792. The van der Waals surface area contributed by atoms with Crippen LogP contribution in [0.2, 0.25) is 0 Å². The van der Waals surface area contributed by atoms with Gasteiger partial charge in [0, 0.05) is 6.20 Å². The van der Waals surface area contributed by atoms with Crippen LogP contribution in [-0.2, 0) is 6.42 Å². The highest BCUT2D eigenvalue weighted by Gasteiger charge is 1.89. The highest BCUT2D eigenvalue weighted by atomic mass is 15.1. The van der Waals surface area contributed by atoms with E-state index < -0.39 is 0 Å². The average molecular weight is 155 g/mol. The fourth-order valence-electron chi connectivity index (χ4n) is 0.684. The molecule has 0 unspecified atom stereocenters. The van der Waals surface area contributed by atoms with E-state index in [1.54, 1.807) is 0 Å². The van der Waals surface area contributed by atoms with Crippen molar-refractivity contribution in [3.05, 3.63) is 18.0 Å². The van der Waals surface area contributed by atoms with Crippen molar-refractivity contribution in [1.29, 1.82) is 0 Å². The molecule has 3 nitrogen and oxygen atoms in total. The predicted octanol–water partition coefficient (Wildman–Crippen LogP) is 1.20. The molecule has 0 aliphatic heterocycles. The Kier molecular flexibility index (Phi) is 6.73. The third-order valence-corrected chi connectivity index (χ3v) is 1.22. The molecule has 64 valence electrons. The van der Waals surface area contributed by atoms with Crippen molar-refractivity contribution in [2.75, 3.05) is 13.6 Å². The van der Waals surface area contributed by atoms with Crippen molar-refractivity contribution in [3.63, 3.8) is 0 Å². The largest absolute Gasteiger partial charge is 0.319 e. The van der Waals surface area contributed by atoms with Crippen LogP contribution in [0.25, 0.3) is 0 Å². The highest BCUT2D eigenvalue weighted by molar-refractivity contribution is 5.02. The summed E-state index contributed by atoms with van der Waals surface area (Å²) in [6, 6.07) is 0. The predicted molar refractivity (Wildman–Crippen MR) is 47.6 cm³/mol. The average Bonchev–Trinajstić information content (AvgIpc) is 2.57. The van der Waals surface area contributed by atoms with Crippen molar-refractivity contribution in [3.8, 4) is 0 Å². The first kappa shape index (κ1) is 10.2. The molecular weight excluding hydrogens is 138 g/mol. The smallest absolute Gasteiger partial charge is 0.0519 e. The molecule has 0 bridgehead atoms. The molecule has 0 amide bonds. The molecule has 1 aromatic heterocycles. The number of hydrogen-bond donors (Lipinski definition) is 2. The molecule has 11 heavy (non-hydrogen) atoms. The third kappa shape index (κ3) is 4.56. The van der Waals surface area contributed by atoms with Crippen LogP contribution in [0.15, 0.2) is 12.4 Å². The molecule has 1 aromatic rings. The maximum Gasteiger partial charge on any atom is 0.0519 e. The van der Waals surface area contributed by atoms with Gasteiger partial charge in [0.2, 0.25) is 0 Å². The molecule has 0 radical (unpaired) electrons. The number of likely N-dealkylation sites (N-methyl/N-ethyl adjacent to an activating group) is 1. The number of nitrogens with one attached hydrogen (secondary N) is 2. The topological polar surface area (TPSA) is 40.7 Å². The van der Waals surface area contributed by atoms with Gasteiger partial charge in [0.1, 0.15) is 0 Å². The number of nitrogens with zero attached hydrogens (tertiary/aromatic N) is 1. The van der Waals surface area contributed by atoms with Gasteiger partial charge in [-0.2, -0.15) is 5.10 Å². The highest BCUT2D eigenvalue weighted by Crippen LogP contribution is 1.92. The molecule has 0 saturated carbocycles. The molecule has 1 heterocycles. The summed E-state index contributed by atoms with van der Waals surface area (Å²) in [5, 5.41) is 9.65. The van der Waals surface area contributed by atoms with Crippen LogP contribution in [0, 0.1) is 0 Å². The Balaban J connectivity index is 0.000000461. The Labute approximate surface area is 68.2 Å². The SMILES string of the molecule is CC.CNCCc1cn[nH]c1. The molecule has 2 N–H and O–H groups in total. The summed E-state index contributed by atoms with van der Waals surface area (Å²) in [7, 11) is 1.94. The molecule has 0 fully saturated rings. The molecule has 0 aliphatic rings. The first-order chi connectivity index (χ1) is 5.43. The Hall–Kier alpha value is -0.830. The second kappa shape index (κ2) is 7.28. The quantitative estimate of drug-likeness (QED) is 0.688. The lowest BCUT2D eigenvalue weighted by Gasteiger charge is -1.92. The van der Waals surface area contributed by atoms with Gasteiger partial charge in [0.25, 0.3) is 0 Å². The minimum absolute atomic E-state index is 1.01. The fourth-order valence-corrected chi connectivity index (χ4v) is 0.684. The monoisotopic (exact) mass is 155 g/mol. The second-order valence-corrected chi connectivity index (χ2v) is 1.96. The zero-order valence-electron chi connectivity index (χ0n) is 7.52. The lowest BCUT2D eigenvalue weighted by Crippen LogP contribution is -2.09. The zero-order chi connectivity index (χ0) is 8.53. The summed E-state index contributed by atoms with van der Waals surface area (Å²) >= 11 is 0. The summed E-state index contributed by atoms with van der Waals surface area (Å²) in [5.74, 6) is 0. The van der Waals surface area contributed by atoms with Crippen LogP contribution in [0.5, 0.6) is 0 Å². The van der Waals surface area contributed by atoms with Gasteiger partial charge in [-0.15, -0.1) is 0 Å². The van der Waals surface area contributed by atoms with Gasteiger partial charge in [-0.3, -0.25) is 5.10 Å². The number of hydrogen-bond acceptors (Lipinski definition) is 2. The fraction of sp³-hybridized carbons (Fsp3) is 0.625. The van der Waals surface area contributed by atoms with Crippen LogP contribution in [0.3, 0.4) is 0 Å². The molecule has 0 atom stereocenters. The first-order valence-electron chi connectivity index (χ1n) is 4.05. The van der Waals surface area contributed by atoms with Crippen LogP contribution in [-0.4, -0.2) is 23.8 Å². The Morgan fingerprint density at radius 1 is 1.55 bits per heavy atom. The maximum absolute atomic E-state index is 3.82. The van der Waals surface area contributed by atoms with Crippen molar-refractivity contribution in [1.82, 2.24) is 15.5 Å². The van der Waals surface area contributed by atoms with E-state index in [9.17, 15) is 0 Å². The van der Waals surface area contributed by atoms with Gasteiger partial charge in [-0.1, -0.05) is 13.8 Å². The second-order valence-electron chi connectivity index (χ2n) is 1.96. The molecule has 0 saturated heterocycles. The molecule has 1 rings (SSSR count). The summed E-state index contributed by atoms with van der Waals surface area (Å²) in [5.41, 5.74) is 1.25. The maximum atomic E-state index is 3.82. The van der Waals surface area contributed by atoms with Gasteiger partial charge in [-0.05, 0) is 25.6 Å². The van der Waals surface area contributed by atoms with Crippen molar-refractivity contribution in [2.45, 2.75) is 20.3 Å². The molecule has 0 aromatic carbocycles. The number of aromatic amines is 1. The van der Waals surface area contributed by atoms with E-state index in [2.05, 4.69) is 15.5 Å². The van der Waals surface area contributed by atoms with Crippen LogP contribution < -0.4 is 5.32 Å². The van der Waals surface area contributed by atoms with Crippen molar-refractivity contribution < 1.29 is 0 Å². The minimum atomic E-state index is 1.01. The van der Waals surface area contributed by atoms with E-state index in [-0.39, 0.29) is 0 Å². The van der Waals surface area contributed by atoms with E-state index in [1.165, 1.54) is 5.56 Å². The molecular formula is C8H17N3. The van der Waals surface area contributed by atoms with Gasteiger partial charge < -0.3 is 5.32 Å². The summed E-state index contributed by atoms with van der Waals surface area (Å²) in [4.78, 5) is 0. The number of H-pyrrole nitrogens is 1. The van der Waals surface area contributed by atoms with E-state index in [0.29, 0.717) is 0 Å². The normalized spacial score (nSPS) is 8.64. The van der Waals surface area contributed by atoms with Gasteiger partial charge >= 0.3 is 0 Å². The van der Waals surface area contributed by atoms with Crippen LogP contribution >= 0.6 is 0 Å². The van der Waals surface area contributed by atoms with Crippen molar-refractivity contribution in [2.24, 2.45) is 0 Å². The summed E-state index contributed by atoms with van der Waals surface area (Å²) in [6.45, 7) is 5.01. The van der Waals surface area contributed by atoms with Gasteiger partial charge in [0.15, 0.2) is 0 Å². The van der Waals surface area contributed by atoms with E-state index in [1.807, 2.05) is 33.3 Å². The lowest BCUT2D eigenvalue weighted by atomic mass is 10.3. The molecule has 0 spiro atoms. The minimum Gasteiger partial charge on any atom is -0.319 e. The molecule has 0 aliphatic carbocycles. The van der Waals surface area contributed by atoms with Crippen molar-refractivity contribution >= 4 is 0 Å². The summed E-state index contributed by atoms with van der Waals surface area (Å²) in [6.07, 6.45) is 4.81.